The van der Waals surface area contributed by atoms with Gasteiger partial charge in [0.1, 0.15) is 69.2 Å². The minimum absolute atomic E-state index is 0.00164. The van der Waals surface area contributed by atoms with Gasteiger partial charge in [-0.2, -0.15) is 0 Å². The number of hydrogen-bond acceptors (Lipinski definition) is 15. The number of benzene rings is 4. The average molecular weight is 1200 g/mol. The molecule has 1 N–H and O–H groups in total. The Kier molecular flexibility index (Phi) is 29.4. The molecule has 0 radical (unpaired) electrons. The molecule has 0 aliphatic heterocycles. The SMILES string of the molecule is C=C(C)C(=O)OCCOc1c2cc(C(=O)CCCCC)cc1Cc1cc(C(=O)CCCCC)cc(c1OCCOC(=O)C(=C)C)Cc1cc(C(=O)CCCCC)cc(c1OCCOC(=O)C(=C)C)Cc1cc(C(=O)CCCCC)cc(c1OCCO)C2. The first-order valence-electron chi connectivity index (χ1n) is 31.2. The van der Waals surface area contributed by atoms with E-state index >= 15 is 0 Å². The van der Waals surface area contributed by atoms with Crippen LogP contribution in [0.25, 0.3) is 0 Å². The summed E-state index contributed by atoms with van der Waals surface area (Å²) in [5.74, 6) is -0.903. The predicted molar refractivity (Wildman–Crippen MR) is 337 cm³/mol. The van der Waals surface area contributed by atoms with Gasteiger partial charge in [0.15, 0.2) is 23.1 Å². The Morgan fingerprint density at radius 1 is 0.345 bits per heavy atom. The number of Topliss-reactive ketones (excluding diaryl/α,β-unsaturated/α-hetero) is 4. The lowest BCUT2D eigenvalue weighted by molar-refractivity contribution is -0.140. The summed E-state index contributed by atoms with van der Waals surface area (Å²) < 4.78 is 43.6. The van der Waals surface area contributed by atoms with Crippen molar-refractivity contribution in [3.63, 3.8) is 0 Å². The van der Waals surface area contributed by atoms with E-state index in [4.69, 9.17) is 33.2 Å². The van der Waals surface area contributed by atoms with Crippen LogP contribution in [-0.4, -0.2) is 99.0 Å². The molecule has 0 fully saturated rings. The van der Waals surface area contributed by atoms with Gasteiger partial charge in [0, 0.05) is 90.3 Å². The fraction of sp³-hybridized carbons (Fsp3) is 0.486. The molecule has 0 aromatic heterocycles. The first-order valence-corrected chi connectivity index (χ1v) is 31.2. The van der Waals surface area contributed by atoms with E-state index < -0.39 is 17.9 Å². The van der Waals surface area contributed by atoms with Gasteiger partial charge >= 0.3 is 17.9 Å². The summed E-state index contributed by atoms with van der Waals surface area (Å²) in [5, 5.41) is 10.4. The van der Waals surface area contributed by atoms with E-state index in [-0.39, 0.29) is 144 Å². The second kappa shape index (κ2) is 36.5. The lowest BCUT2D eigenvalue weighted by atomic mass is 9.86. The Labute approximate surface area is 515 Å². The lowest BCUT2D eigenvalue weighted by Gasteiger charge is -2.25. The highest BCUT2D eigenvalue weighted by Gasteiger charge is 2.28. The average Bonchev–Trinajstić information content (AvgIpc) is 1.44. The molecular weight excluding hydrogens is 1100 g/mol. The highest BCUT2D eigenvalue weighted by Crippen LogP contribution is 2.42. The number of rotatable bonds is 38. The summed E-state index contributed by atoms with van der Waals surface area (Å²) in [5.41, 5.74) is 6.36. The number of carbonyl (C=O) groups is 7. The standard InChI is InChI=1S/C72H92O15/c1-11-15-19-23-62(74)50-35-54-43-56-37-51(63(75)24-20-16-12-2)39-58(67(56)82-29-32-85-70(78)47(5)6)45-60-41-53(65(77)26-22-18-14-4)42-61(69(60)84-31-34-87-72(80)49(9)10)46-59-40-52(64(76)25-21-17-13-3)38-57(44-55(36-50)66(54)81-28-27-73)68(59)83-30-33-86-71(79)48(7)8/h35-42,73H,5,7,9,11-34,43-46H2,1-4,6,8,10H3. The molecule has 1 aliphatic carbocycles. The van der Waals surface area contributed by atoms with E-state index in [9.17, 15) is 38.7 Å². The number of esters is 3. The van der Waals surface area contributed by atoms with Crippen molar-refractivity contribution in [1.29, 1.82) is 0 Å². The first-order chi connectivity index (χ1) is 41.8. The van der Waals surface area contributed by atoms with Crippen LogP contribution in [0, 0.1) is 0 Å². The Bertz CT molecular complexity index is 2950. The van der Waals surface area contributed by atoms with Crippen molar-refractivity contribution in [2.24, 2.45) is 0 Å². The summed E-state index contributed by atoms with van der Waals surface area (Å²) >= 11 is 0. The van der Waals surface area contributed by atoms with Crippen LogP contribution in [0.1, 0.15) is 237 Å². The molecule has 0 atom stereocenters. The Balaban J connectivity index is 2.01. The zero-order valence-electron chi connectivity index (χ0n) is 52.7. The molecule has 0 heterocycles. The van der Waals surface area contributed by atoms with Crippen molar-refractivity contribution in [3.05, 3.63) is 152 Å². The summed E-state index contributed by atoms with van der Waals surface area (Å²) in [7, 11) is 0. The van der Waals surface area contributed by atoms with Gasteiger partial charge < -0.3 is 38.3 Å². The van der Waals surface area contributed by atoms with Crippen molar-refractivity contribution < 1.29 is 71.8 Å². The molecule has 0 saturated carbocycles. The van der Waals surface area contributed by atoms with Crippen LogP contribution in [0.4, 0.5) is 0 Å². The Hall–Kier alpha value is -7.65. The van der Waals surface area contributed by atoms with Crippen molar-refractivity contribution in [3.8, 4) is 23.0 Å². The summed E-state index contributed by atoms with van der Waals surface area (Å²) in [4.78, 5) is 96.7. The molecule has 15 heteroatoms. The van der Waals surface area contributed by atoms with Crippen molar-refractivity contribution in [2.75, 3.05) is 52.9 Å². The number of fused-ring (bicyclic) bond motifs is 8. The third kappa shape index (κ3) is 21.6. The molecule has 87 heavy (non-hydrogen) atoms. The van der Waals surface area contributed by atoms with E-state index in [1.54, 1.807) is 69.3 Å². The number of unbranched alkanes of at least 4 members (excludes halogenated alkanes) is 8. The van der Waals surface area contributed by atoms with Gasteiger partial charge in [0.25, 0.3) is 0 Å². The van der Waals surface area contributed by atoms with Crippen LogP contribution in [-0.2, 0) is 54.3 Å². The molecule has 4 aromatic rings. The molecule has 0 amide bonds. The van der Waals surface area contributed by atoms with E-state index in [2.05, 4.69) is 47.4 Å². The van der Waals surface area contributed by atoms with E-state index in [0.717, 1.165) is 51.4 Å². The van der Waals surface area contributed by atoms with E-state index in [0.29, 0.717) is 115 Å². The molecule has 0 saturated heterocycles. The zero-order valence-corrected chi connectivity index (χ0v) is 52.7. The number of ether oxygens (including phenoxy) is 7. The van der Waals surface area contributed by atoms with E-state index in [1.165, 1.54) is 0 Å². The van der Waals surface area contributed by atoms with Gasteiger partial charge in [-0.1, -0.05) is 98.8 Å². The molecule has 0 unspecified atom stereocenters. The van der Waals surface area contributed by atoms with Gasteiger partial charge in [0.2, 0.25) is 0 Å². The maximum absolute atomic E-state index is 14.7. The van der Waals surface area contributed by atoms with Crippen LogP contribution >= 0.6 is 0 Å². The molecule has 0 spiro atoms. The van der Waals surface area contributed by atoms with Crippen molar-refractivity contribution in [1.82, 2.24) is 0 Å². The third-order valence-electron chi connectivity index (χ3n) is 14.9. The number of hydrogen-bond donors (Lipinski definition) is 1. The zero-order chi connectivity index (χ0) is 63.4. The quantitative estimate of drug-likeness (QED) is 0.0128. The van der Waals surface area contributed by atoms with Gasteiger partial charge in [-0.25, -0.2) is 14.4 Å². The summed E-state index contributed by atoms with van der Waals surface area (Å²) in [6, 6.07) is 14.3. The third-order valence-corrected chi connectivity index (χ3v) is 14.9. The Morgan fingerprint density at radius 3 is 0.736 bits per heavy atom. The number of aliphatic hydroxyl groups is 1. The molecule has 8 bridgehead atoms. The van der Waals surface area contributed by atoms with E-state index in [1.807, 2.05) is 0 Å². The van der Waals surface area contributed by atoms with Crippen LogP contribution in [0.2, 0.25) is 0 Å². The number of ketones is 4. The van der Waals surface area contributed by atoms with Gasteiger partial charge in [-0.3, -0.25) is 19.2 Å². The fourth-order valence-corrected chi connectivity index (χ4v) is 10.3. The van der Waals surface area contributed by atoms with Gasteiger partial charge in [0.05, 0.1) is 6.61 Å². The largest absolute Gasteiger partial charge is 0.491 e. The second-order valence-electron chi connectivity index (χ2n) is 22.6. The van der Waals surface area contributed by atoms with Crippen molar-refractivity contribution in [2.45, 2.75) is 177 Å². The minimum atomic E-state index is -0.608. The first kappa shape index (κ1) is 70.1. The van der Waals surface area contributed by atoms with Crippen LogP contribution in [0.3, 0.4) is 0 Å². The molecular formula is C72H92O15. The topological polar surface area (TPSA) is 204 Å². The Morgan fingerprint density at radius 2 is 0.552 bits per heavy atom. The van der Waals surface area contributed by atoms with Gasteiger partial charge in [-0.15, -0.1) is 0 Å². The summed E-state index contributed by atoms with van der Waals surface area (Å²) in [6.07, 6.45) is 10.5. The number of aliphatic hydroxyl groups excluding tert-OH is 1. The highest BCUT2D eigenvalue weighted by atomic mass is 16.6. The molecule has 1 aliphatic rings. The minimum Gasteiger partial charge on any atom is -0.491 e. The maximum atomic E-state index is 14.7. The molecule has 470 valence electrons. The van der Waals surface area contributed by atoms with Crippen LogP contribution < -0.4 is 18.9 Å². The predicted octanol–water partition coefficient (Wildman–Crippen LogP) is 14.3. The summed E-state index contributed by atoms with van der Waals surface area (Å²) in [6.45, 7) is 22.7. The smallest absolute Gasteiger partial charge is 0.333 e. The lowest BCUT2D eigenvalue weighted by Crippen LogP contribution is -2.17. The second-order valence-corrected chi connectivity index (χ2v) is 22.6. The van der Waals surface area contributed by atoms with Crippen LogP contribution in [0.15, 0.2) is 85.0 Å². The maximum Gasteiger partial charge on any atom is 0.333 e. The molecule has 5 rings (SSSR count). The van der Waals surface area contributed by atoms with Crippen molar-refractivity contribution >= 4 is 41.0 Å². The van der Waals surface area contributed by atoms with Crippen LogP contribution in [0.5, 0.6) is 23.0 Å². The molecule has 15 nitrogen and oxygen atoms in total. The fourth-order valence-electron chi connectivity index (χ4n) is 10.3. The number of carbonyl (C=O) groups excluding carboxylic acids is 7. The highest BCUT2D eigenvalue weighted by molar-refractivity contribution is 5.99. The monoisotopic (exact) mass is 1200 g/mol. The molecule has 4 aromatic carbocycles. The normalized spacial score (nSPS) is 11.7. The van der Waals surface area contributed by atoms with Gasteiger partial charge in [-0.05, 0) is 139 Å².